The van der Waals surface area contributed by atoms with Gasteiger partial charge in [0.1, 0.15) is 12.4 Å². The second-order valence-electron chi connectivity index (χ2n) is 7.17. The van der Waals surface area contributed by atoms with Gasteiger partial charge in [-0.2, -0.15) is 0 Å². The Morgan fingerprint density at radius 3 is 2.25 bits per heavy atom. The second kappa shape index (κ2) is 9.85. The Labute approximate surface area is 195 Å². The van der Waals surface area contributed by atoms with Crippen molar-refractivity contribution in [2.24, 2.45) is 0 Å². The van der Waals surface area contributed by atoms with E-state index in [1.807, 2.05) is 28.8 Å². The average Bonchev–Trinajstić information content (AvgIpc) is 3.13. The molecule has 0 saturated heterocycles. The van der Waals surface area contributed by atoms with Crippen molar-refractivity contribution >= 4 is 51.7 Å². The molecule has 2 N–H and O–H groups in total. The number of rotatable bonds is 7. The van der Waals surface area contributed by atoms with Gasteiger partial charge in [0.15, 0.2) is 0 Å². The number of hydrogen-bond donors (Lipinski definition) is 2. The molecule has 0 radical (unpaired) electrons. The van der Waals surface area contributed by atoms with Crippen molar-refractivity contribution in [1.29, 1.82) is 0 Å². The maximum absolute atomic E-state index is 12.7. The Bertz CT molecular complexity index is 1250. The summed E-state index contributed by atoms with van der Waals surface area (Å²) in [7, 11) is 0. The zero-order chi connectivity index (χ0) is 22.5. The molecule has 1 heterocycles. The van der Waals surface area contributed by atoms with Gasteiger partial charge in [-0.1, -0.05) is 35.3 Å². The van der Waals surface area contributed by atoms with Crippen LogP contribution >= 0.6 is 23.2 Å². The summed E-state index contributed by atoms with van der Waals surface area (Å²) < 4.78 is 1.87. The van der Waals surface area contributed by atoms with Crippen molar-refractivity contribution in [3.63, 3.8) is 0 Å². The lowest BCUT2D eigenvalue weighted by Gasteiger charge is -2.11. The van der Waals surface area contributed by atoms with Crippen LogP contribution in [0.3, 0.4) is 0 Å². The van der Waals surface area contributed by atoms with Crippen LogP contribution in [-0.4, -0.2) is 27.9 Å². The first-order valence-corrected chi connectivity index (χ1v) is 10.8. The van der Waals surface area contributed by atoms with Crippen molar-refractivity contribution in [3.8, 4) is 0 Å². The maximum atomic E-state index is 12.7. The highest BCUT2D eigenvalue weighted by atomic mass is 35.5. The highest BCUT2D eigenvalue weighted by molar-refractivity contribution is 6.31. The molecule has 0 atom stereocenters. The Kier molecular flexibility index (Phi) is 6.73. The molecule has 0 aliphatic rings. The van der Waals surface area contributed by atoms with Gasteiger partial charge in [0.2, 0.25) is 5.91 Å². The van der Waals surface area contributed by atoms with E-state index in [0.717, 1.165) is 11.0 Å². The minimum Gasteiger partial charge on any atom is -0.352 e. The van der Waals surface area contributed by atoms with E-state index in [2.05, 4.69) is 15.6 Å². The lowest BCUT2D eigenvalue weighted by atomic mass is 10.2. The summed E-state index contributed by atoms with van der Waals surface area (Å²) in [5, 5.41) is 6.94. The molecule has 0 aliphatic heterocycles. The minimum absolute atomic E-state index is 0.101. The largest absolute Gasteiger partial charge is 0.352 e. The Hall–Kier alpha value is -3.35. The van der Waals surface area contributed by atoms with E-state index < -0.39 is 0 Å². The number of carbonyl (C=O) groups is 2. The summed E-state index contributed by atoms with van der Waals surface area (Å²) in [4.78, 5) is 29.7. The Morgan fingerprint density at radius 1 is 0.875 bits per heavy atom. The van der Waals surface area contributed by atoms with Crippen LogP contribution < -0.4 is 10.6 Å². The fraction of sp³-hybridized carbons (Fsp3) is 0.125. The summed E-state index contributed by atoms with van der Waals surface area (Å²) >= 11 is 11.8. The molecule has 32 heavy (non-hydrogen) atoms. The number of anilines is 1. The molecule has 0 bridgehead atoms. The van der Waals surface area contributed by atoms with Crippen molar-refractivity contribution in [2.75, 3.05) is 11.9 Å². The first-order valence-electron chi connectivity index (χ1n) is 10.0. The molecule has 0 spiro atoms. The fourth-order valence-corrected chi connectivity index (χ4v) is 3.61. The van der Waals surface area contributed by atoms with Crippen molar-refractivity contribution in [2.45, 2.75) is 13.0 Å². The van der Waals surface area contributed by atoms with Gasteiger partial charge in [-0.05, 0) is 60.7 Å². The summed E-state index contributed by atoms with van der Waals surface area (Å²) in [6.45, 7) is 0.479. The number of imidazole rings is 1. The molecule has 0 unspecified atom stereocenters. The van der Waals surface area contributed by atoms with E-state index in [9.17, 15) is 9.59 Å². The van der Waals surface area contributed by atoms with Gasteiger partial charge < -0.3 is 15.2 Å². The van der Waals surface area contributed by atoms with Crippen molar-refractivity contribution < 1.29 is 9.59 Å². The molecular weight excluding hydrogens is 447 g/mol. The fourth-order valence-electron chi connectivity index (χ4n) is 3.36. The Balaban J connectivity index is 1.46. The second-order valence-corrected chi connectivity index (χ2v) is 8.04. The van der Waals surface area contributed by atoms with Gasteiger partial charge in [0, 0.05) is 34.3 Å². The molecule has 3 aromatic carbocycles. The molecule has 0 saturated carbocycles. The van der Waals surface area contributed by atoms with E-state index in [1.54, 1.807) is 48.5 Å². The molecule has 6 nitrogen and oxygen atoms in total. The predicted octanol–water partition coefficient (Wildman–Crippen LogP) is 4.95. The van der Waals surface area contributed by atoms with E-state index in [-0.39, 0.29) is 18.4 Å². The number of carbonyl (C=O) groups excluding carboxylic acids is 2. The molecule has 8 heteroatoms. The van der Waals surface area contributed by atoms with Crippen LogP contribution in [-0.2, 0) is 17.8 Å². The van der Waals surface area contributed by atoms with E-state index in [0.29, 0.717) is 40.1 Å². The monoisotopic (exact) mass is 466 g/mol. The number of hydrogen-bond acceptors (Lipinski definition) is 3. The third-order valence-electron chi connectivity index (χ3n) is 4.90. The van der Waals surface area contributed by atoms with E-state index in [4.69, 9.17) is 23.2 Å². The average molecular weight is 467 g/mol. The SMILES string of the molecule is O=C(Cn1c(CCNC(=O)c2ccc(Cl)cc2)nc2ccccc21)Nc1ccc(Cl)cc1. The summed E-state index contributed by atoms with van der Waals surface area (Å²) in [5.74, 6) is 0.348. The molecule has 4 aromatic rings. The minimum atomic E-state index is -0.190. The van der Waals surface area contributed by atoms with Crippen LogP contribution in [0, 0.1) is 0 Å². The van der Waals surface area contributed by atoms with Gasteiger partial charge in [-0.3, -0.25) is 9.59 Å². The molecule has 4 rings (SSSR count). The number of amides is 2. The number of nitrogens with zero attached hydrogens (tertiary/aromatic N) is 2. The van der Waals surface area contributed by atoms with Gasteiger partial charge in [0.25, 0.3) is 5.91 Å². The van der Waals surface area contributed by atoms with Gasteiger partial charge in [-0.15, -0.1) is 0 Å². The van der Waals surface area contributed by atoms with E-state index in [1.165, 1.54) is 0 Å². The standard InChI is InChI=1S/C24H20Cl2N4O2/c25-17-7-5-16(6-8-17)24(32)27-14-13-22-29-20-3-1-2-4-21(20)30(22)15-23(31)28-19-11-9-18(26)10-12-19/h1-12H,13-15H2,(H,27,32)(H,28,31). The highest BCUT2D eigenvalue weighted by Crippen LogP contribution is 2.18. The maximum Gasteiger partial charge on any atom is 0.251 e. The number of aromatic nitrogens is 2. The molecule has 162 valence electrons. The number of halogens is 2. The zero-order valence-corrected chi connectivity index (χ0v) is 18.5. The number of fused-ring (bicyclic) bond motifs is 1. The van der Waals surface area contributed by atoms with Crippen LogP contribution in [0.25, 0.3) is 11.0 Å². The van der Waals surface area contributed by atoms with Crippen LogP contribution in [0.15, 0.2) is 72.8 Å². The van der Waals surface area contributed by atoms with Gasteiger partial charge in [-0.25, -0.2) is 4.98 Å². The van der Waals surface area contributed by atoms with Crippen LogP contribution in [0.1, 0.15) is 16.2 Å². The van der Waals surface area contributed by atoms with Gasteiger partial charge >= 0.3 is 0 Å². The number of para-hydroxylation sites is 2. The quantitative estimate of drug-likeness (QED) is 0.404. The highest BCUT2D eigenvalue weighted by Gasteiger charge is 2.14. The normalized spacial score (nSPS) is 10.8. The molecule has 0 aliphatic carbocycles. The lowest BCUT2D eigenvalue weighted by Crippen LogP contribution is -2.27. The Morgan fingerprint density at radius 2 is 1.53 bits per heavy atom. The first-order chi connectivity index (χ1) is 15.5. The predicted molar refractivity (Wildman–Crippen MR) is 127 cm³/mol. The molecule has 0 fully saturated rings. The summed E-state index contributed by atoms with van der Waals surface area (Å²) in [6.07, 6.45) is 0.474. The topological polar surface area (TPSA) is 76.0 Å². The number of nitrogens with one attached hydrogen (secondary N) is 2. The third kappa shape index (κ3) is 5.28. The smallest absolute Gasteiger partial charge is 0.251 e. The zero-order valence-electron chi connectivity index (χ0n) is 17.0. The molecular formula is C24H20Cl2N4O2. The van der Waals surface area contributed by atoms with Gasteiger partial charge in [0.05, 0.1) is 11.0 Å². The summed E-state index contributed by atoms with van der Waals surface area (Å²) in [6, 6.07) is 21.3. The lowest BCUT2D eigenvalue weighted by molar-refractivity contribution is -0.116. The van der Waals surface area contributed by atoms with Crippen LogP contribution in [0.4, 0.5) is 5.69 Å². The number of benzene rings is 3. The van der Waals surface area contributed by atoms with E-state index >= 15 is 0 Å². The van der Waals surface area contributed by atoms with Crippen LogP contribution in [0.5, 0.6) is 0 Å². The third-order valence-corrected chi connectivity index (χ3v) is 5.41. The molecule has 1 aromatic heterocycles. The van der Waals surface area contributed by atoms with Crippen LogP contribution in [0.2, 0.25) is 10.0 Å². The summed E-state index contributed by atoms with van der Waals surface area (Å²) in [5.41, 5.74) is 2.86. The van der Waals surface area contributed by atoms with Crippen molar-refractivity contribution in [3.05, 3.63) is 94.2 Å². The molecule has 2 amide bonds. The first kappa shape index (κ1) is 21.9. The van der Waals surface area contributed by atoms with Crippen molar-refractivity contribution in [1.82, 2.24) is 14.9 Å².